The van der Waals surface area contributed by atoms with Gasteiger partial charge >= 0.3 is 0 Å². The van der Waals surface area contributed by atoms with Gasteiger partial charge in [-0.1, -0.05) is 48.5 Å². The standard InChI is InChI=1S/C20H18O2/c21-17-11-9-13-5-1-3-7-15(13)19(17)20-16-8-4-2-6-14(16)10-12-18(20)22/h1-8,21-22H,9-12H2. The summed E-state index contributed by atoms with van der Waals surface area (Å²) in [6.45, 7) is 0. The number of allylic oxidation sites excluding steroid dienone is 4. The highest BCUT2D eigenvalue weighted by Gasteiger charge is 2.28. The third-order valence-corrected chi connectivity index (χ3v) is 4.66. The normalized spacial score (nSPS) is 17.3. The molecule has 0 aromatic heterocycles. The SMILES string of the molecule is OC1=C(C2=C(O)CCc3ccccc32)c2ccccc2CC1. The summed E-state index contributed by atoms with van der Waals surface area (Å²) in [7, 11) is 0. The molecule has 0 atom stereocenters. The van der Waals surface area contributed by atoms with Crippen LogP contribution in [-0.2, 0) is 12.8 Å². The van der Waals surface area contributed by atoms with Crippen molar-refractivity contribution in [2.24, 2.45) is 0 Å². The van der Waals surface area contributed by atoms with Crippen molar-refractivity contribution in [1.82, 2.24) is 0 Å². The summed E-state index contributed by atoms with van der Waals surface area (Å²) in [5.41, 5.74) is 6.18. The Balaban J connectivity index is 1.98. The van der Waals surface area contributed by atoms with Gasteiger partial charge in [0.15, 0.2) is 0 Å². The van der Waals surface area contributed by atoms with Crippen LogP contribution in [0.4, 0.5) is 0 Å². The first kappa shape index (κ1) is 13.2. The molecule has 0 heterocycles. The number of benzene rings is 2. The lowest BCUT2D eigenvalue weighted by Gasteiger charge is -2.27. The van der Waals surface area contributed by atoms with Crippen molar-refractivity contribution in [1.29, 1.82) is 0 Å². The van der Waals surface area contributed by atoms with Crippen LogP contribution in [0.3, 0.4) is 0 Å². The Kier molecular flexibility index (Phi) is 3.04. The Morgan fingerprint density at radius 1 is 0.545 bits per heavy atom. The Morgan fingerprint density at radius 3 is 1.41 bits per heavy atom. The quantitative estimate of drug-likeness (QED) is 0.790. The van der Waals surface area contributed by atoms with Crippen LogP contribution in [0.5, 0.6) is 0 Å². The van der Waals surface area contributed by atoms with E-state index in [0.717, 1.165) is 35.1 Å². The van der Waals surface area contributed by atoms with Crippen LogP contribution in [0.2, 0.25) is 0 Å². The first-order valence-corrected chi connectivity index (χ1v) is 7.77. The fraction of sp³-hybridized carbons (Fsp3) is 0.200. The summed E-state index contributed by atoms with van der Waals surface area (Å²) in [5.74, 6) is 0.772. The molecule has 0 aliphatic heterocycles. The molecular weight excluding hydrogens is 272 g/mol. The van der Waals surface area contributed by atoms with Crippen LogP contribution in [-0.4, -0.2) is 10.2 Å². The zero-order valence-corrected chi connectivity index (χ0v) is 12.3. The zero-order valence-electron chi connectivity index (χ0n) is 12.3. The summed E-state index contributed by atoms with van der Waals surface area (Å²) < 4.78 is 0. The van der Waals surface area contributed by atoms with Crippen molar-refractivity contribution in [3.8, 4) is 0 Å². The number of aryl methyl sites for hydroxylation is 2. The maximum Gasteiger partial charge on any atom is 0.101 e. The first-order chi connectivity index (χ1) is 10.8. The minimum Gasteiger partial charge on any atom is -0.512 e. The maximum atomic E-state index is 10.5. The van der Waals surface area contributed by atoms with E-state index in [1.165, 1.54) is 11.1 Å². The monoisotopic (exact) mass is 290 g/mol. The molecule has 0 amide bonds. The van der Waals surface area contributed by atoms with Crippen molar-refractivity contribution in [3.63, 3.8) is 0 Å². The molecule has 0 saturated carbocycles. The molecular formula is C20H18O2. The van der Waals surface area contributed by atoms with Gasteiger partial charge in [-0.15, -0.1) is 0 Å². The van der Waals surface area contributed by atoms with Gasteiger partial charge in [0, 0.05) is 24.0 Å². The van der Waals surface area contributed by atoms with Gasteiger partial charge in [-0.25, -0.2) is 0 Å². The van der Waals surface area contributed by atoms with Gasteiger partial charge in [-0.3, -0.25) is 0 Å². The van der Waals surface area contributed by atoms with E-state index >= 15 is 0 Å². The molecule has 0 fully saturated rings. The van der Waals surface area contributed by atoms with Crippen molar-refractivity contribution in [3.05, 3.63) is 82.3 Å². The molecule has 2 heteroatoms. The average Bonchev–Trinajstić information content (AvgIpc) is 2.56. The Bertz CT molecular complexity index is 742. The Hall–Kier alpha value is -2.48. The number of hydrogen-bond acceptors (Lipinski definition) is 2. The van der Waals surface area contributed by atoms with Crippen molar-refractivity contribution in [2.45, 2.75) is 25.7 Å². The van der Waals surface area contributed by atoms with E-state index in [1.54, 1.807) is 0 Å². The van der Waals surface area contributed by atoms with E-state index in [-0.39, 0.29) is 0 Å². The van der Waals surface area contributed by atoms with E-state index in [9.17, 15) is 10.2 Å². The van der Waals surface area contributed by atoms with Crippen LogP contribution in [0.25, 0.3) is 11.1 Å². The summed E-state index contributed by atoms with van der Waals surface area (Å²) in [6, 6.07) is 16.3. The van der Waals surface area contributed by atoms with Crippen molar-refractivity contribution >= 4 is 11.1 Å². The second-order valence-corrected chi connectivity index (χ2v) is 5.96. The molecule has 0 radical (unpaired) electrons. The minimum absolute atomic E-state index is 0.386. The Labute approximate surface area is 130 Å². The van der Waals surface area contributed by atoms with Gasteiger partial charge in [0.2, 0.25) is 0 Å². The van der Waals surface area contributed by atoms with E-state index < -0.39 is 0 Å². The number of fused-ring (bicyclic) bond motifs is 2. The molecule has 2 aliphatic carbocycles. The molecule has 22 heavy (non-hydrogen) atoms. The minimum atomic E-state index is 0.386. The molecule has 0 spiro atoms. The average molecular weight is 290 g/mol. The van der Waals surface area contributed by atoms with Gasteiger partial charge in [0.25, 0.3) is 0 Å². The van der Waals surface area contributed by atoms with Gasteiger partial charge < -0.3 is 10.2 Å². The molecule has 0 unspecified atom stereocenters. The molecule has 2 N–H and O–H groups in total. The summed E-state index contributed by atoms with van der Waals surface area (Å²) in [5, 5.41) is 21.1. The topological polar surface area (TPSA) is 40.5 Å². The van der Waals surface area contributed by atoms with Crippen LogP contribution < -0.4 is 0 Å². The van der Waals surface area contributed by atoms with Crippen LogP contribution in [0.1, 0.15) is 35.1 Å². The van der Waals surface area contributed by atoms with E-state index in [2.05, 4.69) is 12.1 Å². The molecule has 2 aromatic carbocycles. The largest absolute Gasteiger partial charge is 0.512 e. The predicted molar refractivity (Wildman–Crippen MR) is 88.6 cm³/mol. The van der Waals surface area contributed by atoms with Crippen molar-refractivity contribution < 1.29 is 10.2 Å². The summed E-state index contributed by atoms with van der Waals surface area (Å²) >= 11 is 0. The van der Waals surface area contributed by atoms with Crippen molar-refractivity contribution in [2.75, 3.05) is 0 Å². The third-order valence-electron chi connectivity index (χ3n) is 4.66. The molecule has 4 rings (SSSR count). The highest BCUT2D eigenvalue weighted by molar-refractivity contribution is 6.08. The van der Waals surface area contributed by atoms with E-state index in [1.807, 2.05) is 36.4 Å². The fourth-order valence-corrected chi connectivity index (χ4v) is 3.59. The molecule has 110 valence electrons. The second kappa shape index (κ2) is 5.06. The molecule has 0 bridgehead atoms. The molecule has 2 aromatic rings. The number of hydrogen-bond donors (Lipinski definition) is 2. The van der Waals surface area contributed by atoms with Crippen LogP contribution in [0, 0.1) is 0 Å². The number of aliphatic hydroxyl groups is 2. The third kappa shape index (κ3) is 1.95. The lowest BCUT2D eigenvalue weighted by atomic mass is 9.78. The predicted octanol–water partition coefficient (Wildman–Crippen LogP) is 4.82. The molecule has 0 saturated heterocycles. The Morgan fingerprint density at radius 2 is 0.955 bits per heavy atom. The van der Waals surface area contributed by atoms with Crippen LogP contribution >= 0.6 is 0 Å². The maximum absolute atomic E-state index is 10.5. The van der Waals surface area contributed by atoms with Gasteiger partial charge in [0.1, 0.15) is 11.5 Å². The van der Waals surface area contributed by atoms with E-state index in [4.69, 9.17) is 0 Å². The van der Waals surface area contributed by atoms with Gasteiger partial charge in [0.05, 0.1) is 0 Å². The molecule has 2 aliphatic rings. The fourth-order valence-electron chi connectivity index (χ4n) is 3.59. The summed E-state index contributed by atoms with van der Waals surface area (Å²) in [4.78, 5) is 0. The zero-order chi connectivity index (χ0) is 15.1. The van der Waals surface area contributed by atoms with E-state index in [0.29, 0.717) is 24.4 Å². The first-order valence-electron chi connectivity index (χ1n) is 7.77. The smallest absolute Gasteiger partial charge is 0.101 e. The highest BCUT2D eigenvalue weighted by Crippen LogP contribution is 2.44. The van der Waals surface area contributed by atoms with Gasteiger partial charge in [-0.05, 0) is 35.1 Å². The summed E-state index contributed by atoms with van der Waals surface area (Å²) in [6.07, 6.45) is 2.96. The van der Waals surface area contributed by atoms with Gasteiger partial charge in [-0.2, -0.15) is 0 Å². The van der Waals surface area contributed by atoms with Crippen LogP contribution in [0.15, 0.2) is 60.0 Å². The number of rotatable bonds is 1. The lowest BCUT2D eigenvalue weighted by molar-refractivity contribution is 0.382. The molecule has 2 nitrogen and oxygen atoms in total. The lowest BCUT2D eigenvalue weighted by Crippen LogP contribution is -2.12. The number of aliphatic hydroxyl groups excluding tert-OH is 2. The second-order valence-electron chi connectivity index (χ2n) is 5.96. The highest BCUT2D eigenvalue weighted by atomic mass is 16.3.